The Labute approximate surface area is 517 Å². The van der Waals surface area contributed by atoms with Crippen LogP contribution in [-0.4, -0.2) is 37.9 Å². The average molecular weight is 1160 g/mol. The number of hydrogen-bond donors (Lipinski definition) is 0. The number of para-hydroxylation sites is 5. The zero-order valence-corrected chi connectivity index (χ0v) is 48.0. The van der Waals surface area contributed by atoms with Crippen LogP contribution in [0.25, 0.3) is 38.5 Å². The van der Waals surface area contributed by atoms with Crippen molar-refractivity contribution in [1.29, 1.82) is 0 Å². The summed E-state index contributed by atoms with van der Waals surface area (Å²) in [6, 6.07) is 85.3. The molecule has 0 spiro atoms. The van der Waals surface area contributed by atoms with Gasteiger partial charge in [0, 0.05) is 105 Å². The predicted octanol–water partition coefficient (Wildman–Crippen LogP) is 14.9. The molecule has 6 aromatic heterocycles. The molecular weight excluding hydrogens is 1110 g/mol. The van der Waals surface area contributed by atoms with Crippen molar-refractivity contribution in [3.63, 3.8) is 0 Å². The standard InChI is InChI=1S/C76H47B2N9O3/c1-4-19-48(20-5-1)85-62-30-12-11-29-59(62)77-60-41-57-58-42-61-69(44-64(58)86(49-21-6-2-7-22-49)63(57)43-68(60)88-70-40-55(38-65(85)73(70)77)84(53-27-18-35-81-47-53)72-32-14-15-36-82-72)89-71-39-54(83(51-25-16-33-79-45-51)52-26-17-34-80-46-52)37-66-74(71)78(61)76-75(56-28-10-13-31-67(56)90-76)87(66)50-23-8-3-9-24-50/h1-47H. The molecule has 12 nitrogen and oxygen atoms in total. The largest absolute Gasteiger partial charge is 0.468 e. The molecule has 420 valence electrons. The maximum absolute atomic E-state index is 7.55. The fraction of sp³-hybridized carbons (Fsp3) is 0. The number of pyridine rings is 4. The minimum atomic E-state index is -0.379. The molecule has 0 radical (unpaired) electrons. The van der Waals surface area contributed by atoms with Gasteiger partial charge in [-0.15, -0.1) is 0 Å². The highest BCUT2D eigenvalue weighted by Crippen LogP contribution is 2.51. The maximum Gasteiger partial charge on any atom is 0.301 e. The Morgan fingerprint density at radius 1 is 0.356 bits per heavy atom. The van der Waals surface area contributed by atoms with Gasteiger partial charge in [-0.3, -0.25) is 19.9 Å². The van der Waals surface area contributed by atoms with E-state index >= 15 is 0 Å². The maximum atomic E-state index is 7.55. The van der Waals surface area contributed by atoms with Crippen molar-refractivity contribution in [1.82, 2.24) is 24.5 Å². The van der Waals surface area contributed by atoms with Gasteiger partial charge in [-0.25, -0.2) is 4.98 Å². The van der Waals surface area contributed by atoms with Crippen LogP contribution in [-0.2, 0) is 0 Å². The van der Waals surface area contributed by atoms with Gasteiger partial charge in [-0.2, -0.15) is 0 Å². The third kappa shape index (κ3) is 7.51. The van der Waals surface area contributed by atoms with Crippen molar-refractivity contribution < 1.29 is 13.9 Å². The molecular formula is C76H47B2N9O3. The van der Waals surface area contributed by atoms with Gasteiger partial charge in [0.2, 0.25) is 0 Å². The molecule has 0 saturated heterocycles. The molecule has 0 amide bonds. The molecule has 10 heterocycles. The summed E-state index contributed by atoms with van der Waals surface area (Å²) in [5.74, 6) is 3.73. The van der Waals surface area contributed by atoms with Crippen LogP contribution in [0.1, 0.15) is 0 Å². The molecule has 0 aliphatic carbocycles. The molecule has 0 fully saturated rings. The normalized spacial score (nSPS) is 13.0. The Morgan fingerprint density at radius 2 is 0.878 bits per heavy atom. The SMILES string of the molecule is c1ccc(N2c3ccccc3B3c4cc5c6cc7c(cc6n(-c6ccccc6)c5cc4Oc4cc(N(c5cccnc5)c5ccccn5)cc2c43)Oc2cc(N(c3cccnc3)c3cccnc3)cc3c2B7c2oc4ccccc4c2N3c2ccccc2)cc1. The minimum Gasteiger partial charge on any atom is -0.468 e. The lowest BCUT2D eigenvalue weighted by Crippen LogP contribution is -2.59. The molecule has 4 aliphatic heterocycles. The highest BCUT2D eigenvalue weighted by molar-refractivity contribution is 7.00. The number of rotatable bonds is 9. The van der Waals surface area contributed by atoms with Crippen LogP contribution >= 0.6 is 0 Å². The van der Waals surface area contributed by atoms with Gasteiger partial charge in [0.05, 0.1) is 69.4 Å². The fourth-order valence-corrected chi connectivity index (χ4v) is 14.5. The number of fused-ring (bicyclic) bond motifs is 13. The molecule has 14 heteroatoms. The van der Waals surface area contributed by atoms with E-state index in [-0.39, 0.29) is 13.4 Å². The Kier molecular flexibility index (Phi) is 10.9. The Hall–Kier alpha value is -12.2. The summed E-state index contributed by atoms with van der Waals surface area (Å²) in [5.41, 5.74) is 20.4. The summed E-state index contributed by atoms with van der Waals surface area (Å²) < 4.78 is 24.7. The number of ether oxygens (including phenoxy) is 2. The lowest BCUT2D eigenvalue weighted by Gasteiger charge is -2.41. The van der Waals surface area contributed by atoms with E-state index in [9.17, 15) is 0 Å². The van der Waals surface area contributed by atoms with Crippen LogP contribution in [0.3, 0.4) is 0 Å². The van der Waals surface area contributed by atoms with Crippen molar-refractivity contribution in [2.45, 2.75) is 0 Å². The van der Waals surface area contributed by atoms with E-state index in [4.69, 9.17) is 18.9 Å². The van der Waals surface area contributed by atoms with Gasteiger partial charge in [-0.05, 0) is 137 Å². The van der Waals surface area contributed by atoms with Gasteiger partial charge in [0.25, 0.3) is 6.71 Å². The van der Waals surface area contributed by atoms with Crippen LogP contribution < -0.4 is 62.0 Å². The molecule has 19 rings (SSSR count). The van der Waals surface area contributed by atoms with Gasteiger partial charge in [0.15, 0.2) is 0 Å². The Balaban J connectivity index is 0.869. The van der Waals surface area contributed by atoms with Gasteiger partial charge < -0.3 is 33.2 Å². The highest BCUT2D eigenvalue weighted by Gasteiger charge is 2.48. The second-order valence-corrected chi connectivity index (χ2v) is 23.0. The number of benzene rings is 9. The van der Waals surface area contributed by atoms with E-state index in [2.05, 4.69) is 239 Å². The smallest absolute Gasteiger partial charge is 0.301 e. The van der Waals surface area contributed by atoms with Crippen molar-refractivity contribution in [3.8, 4) is 28.7 Å². The quantitative estimate of drug-likeness (QED) is 0.129. The molecule has 0 bridgehead atoms. The first kappa shape index (κ1) is 50.0. The van der Waals surface area contributed by atoms with Crippen LogP contribution in [0.15, 0.2) is 290 Å². The molecule has 0 unspecified atom stereocenters. The third-order valence-corrected chi connectivity index (χ3v) is 18.1. The number of anilines is 12. The molecule has 90 heavy (non-hydrogen) atoms. The van der Waals surface area contributed by atoms with E-state index in [1.54, 1.807) is 18.6 Å². The zero-order valence-electron chi connectivity index (χ0n) is 48.0. The lowest BCUT2D eigenvalue weighted by atomic mass is 9.34. The second kappa shape index (κ2) is 19.7. The van der Waals surface area contributed by atoms with E-state index in [1.807, 2.05) is 67.3 Å². The van der Waals surface area contributed by atoms with E-state index in [1.165, 1.54) is 5.46 Å². The second-order valence-electron chi connectivity index (χ2n) is 23.0. The van der Waals surface area contributed by atoms with Crippen molar-refractivity contribution >= 4 is 148 Å². The van der Waals surface area contributed by atoms with Crippen molar-refractivity contribution in [2.24, 2.45) is 0 Å². The minimum absolute atomic E-state index is 0.215. The summed E-state index contributed by atoms with van der Waals surface area (Å²) in [6.45, 7) is -0.593. The number of aromatic nitrogens is 5. The highest BCUT2D eigenvalue weighted by atomic mass is 16.5. The first-order valence-electron chi connectivity index (χ1n) is 30.1. The lowest BCUT2D eigenvalue weighted by molar-refractivity contribution is 0.488. The molecule has 0 saturated carbocycles. The van der Waals surface area contributed by atoms with E-state index in [0.29, 0.717) is 5.75 Å². The topological polar surface area (TPSA) is 101 Å². The number of furan rings is 1. The zero-order chi connectivity index (χ0) is 59.0. The average Bonchev–Trinajstić information content (AvgIpc) is 1.34. The van der Waals surface area contributed by atoms with Crippen molar-refractivity contribution in [3.05, 3.63) is 286 Å². The summed E-state index contributed by atoms with van der Waals surface area (Å²) in [7, 11) is 0. The molecule has 0 N–H and O–H groups in total. The van der Waals surface area contributed by atoms with Crippen LogP contribution in [0.5, 0.6) is 23.0 Å². The molecule has 9 aromatic carbocycles. The first-order valence-corrected chi connectivity index (χ1v) is 30.1. The molecule has 4 aliphatic rings. The number of hydrogen-bond acceptors (Lipinski definition) is 11. The van der Waals surface area contributed by atoms with Crippen LogP contribution in [0.4, 0.5) is 68.4 Å². The van der Waals surface area contributed by atoms with Crippen LogP contribution in [0, 0.1) is 0 Å². The Bertz CT molecular complexity index is 5280. The van der Waals surface area contributed by atoms with E-state index in [0.717, 1.165) is 152 Å². The van der Waals surface area contributed by atoms with Gasteiger partial charge >= 0.3 is 6.71 Å². The molecule has 15 aromatic rings. The Morgan fingerprint density at radius 3 is 1.49 bits per heavy atom. The number of nitrogens with zero attached hydrogens (tertiary/aromatic N) is 9. The van der Waals surface area contributed by atoms with Crippen LogP contribution in [0.2, 0.25) is 0 Å². The summed E-state index contributed by atoms with van der Waals surface area (Å²) in [5, 5.41) is 3.17. The summed E-state index contributed by atoms with van der Waals surface area (Å²) in [4.78, 5) is 27.8. The summed E-state index contributed by atoms with van der Waals surface area (Å²) >= 11 is 0. The third-order valence-electron chi connectivity index (χ3n) is 18.1. The monoisotopic (exact) mass is 1160 g/mol. The van der Waals surface area contributed by atoms with Gasteiger partial charge in [-0.1, -0.05) is 103 Å². The van der Waals surface area contributed by atoms with Crippen molar-refractivity contribution in [2.75, 3.05) is 19.6 Å². The molecule has 0 atom stereocenters. The fourth-order valence-electron chi connectivity index (χ4n) is 14.5. The van der Waals surface area contributed by atoms with Gasteiger partial charge in [0.1, 0.15) is 34.4 Å². The first-order chi connectivity index (χ1) is 44.7. The summed E-state index contributed by atoms with van der Waals surface area (Å²) in [6.07, 6.45) is 12.9. The predicted molar refractivity (Wildman–Crippen MR) is 363 cm³/mol. The van der Waals surface area contributed by atoms with E-state index < -0.39 is 0 Å².